The van der Waals surface area contributed by atoms with Crippen molar-refractivity contribution in [1.82, 2.24) is 15.1 Å². The number of amides is 3. The molecule has 148 valence electrons. The maximum atomic E-state index is 13.1. The van der Waals surface area contributed by atoms with Crippen LogP contribution in [0.4, 0.5) is 4.79 Å². The molecular weight excluding hydrogens is 338 g/mol. The number of hydrogen-bond acceptors (Lipinski definition) is 2. The predicted octanol–water partition coefficient (Wildman–Crippen LogP) is 3.82. The average Bonchev–Trinajstić information content (AvgIpc) is 2.65. The Labute approximate surface area is 163 Å². The van der Waals surface area contributed by atoms with Gasteiger partial charge in [0.25, 0.3) is 0 Å². The van der Waals surface area contributed by atoms with Gasteiger partial charge in [-0.05, 0) is 44.6 Å². The third-order valence-electron chi connectivity index (χ3n) is 6.07. The Bertz CT molecular complexity index is 663. The van der Waals surface area contributed by atoms with E-state index in [1.54, 1.807) is 0 Å². The van der Waals surface area contributed by atoms with Crippen LogP contribution in [0.15, 0.2) is 30.3 Å². The molecule has 3 rings (SSSR count). The van der Waals surface area contributed by atoms with Crippen LogP contribution in [0.2, 0.25) is 0 Å². The monoisotopic (exact) mass is 371 g/mol. The number of nitrogens with zero attached hydrogens (tertiary/aromatic N) is 2. The number of carbonyl (C=O) groups excluding carboxylic acids is 2. The average molecular weight is 372 g/mol. The maximum Gasteiger partial charge on any atom is 0.317 e. The van der Waals surface area contributed by atoms with Crippen molar-refractivity contribution in [3.63, 3.8) is 0 Å². The lowest BCUT2D eigenvalue weighted by Gasteiger charge is -2.60. The van der Waals surface area contributed by atoms with E-state index in [9.17, 15) is 9.59 Å². The number of carbonyl (C=O) groups is 2. The highest BCUT2D eigenvalue weighted by molar-refractivity contribution is 5.91. The molecule has 2 saturated heterocycles. The van der Waals surface area contributed by atoms with Crippen LogP contribution in [0.1, 0.15) is 58.6 Å². The minimum Gasteiger partial charge on any atom is -0.338 e. The number of nitrogens with one attached hydrogen (secondary N) is 1. The molecule has 1 unspecified atom stereocenters. The summed E-state index contributed by atoms with van der Waals surface area (Å²) >= 11 is 0. The van der Waals surface area contributed by atoms with Gasteiger partial charge in [0.05, 0.1) is 11.5 Å². The van der Waals surface area contributed by atoms with Gasteiger partial charge in [-0.15, -0.1) is 0 Å². The molecule has 0 radical (unpaired) electrons. The number of likely N-dealkylation sites (tertiary alicyclic amines) is 2. The van der Waals surface area contributed by atoms with Crippen LogP contribution >= 0.6 is 0 Å². The van der Waals surface area contributed by atoms with Gasteiger partial charge in [-0.25, -0.2) is 4.79 Å². The van der Waals surface area contributed by atoms with Crippen molar-refractivity contribution in [1.29, 1.82) is 0 Å². The first kappa shape index (κ1) is 19.7. The van der Waals surface area contributed by atoms with Crippen LogP contribution in [-0.2, 0) is 4.79 Å². The van der Waals surface area contributed by atoms with E-state index in [-0.39, 0.29) is 29.4 Å². The van der Waals surface area contributed by atoms with E-state index >= 15 is 0 Å². The fraction of sp³-hybridized carbons (Fsp3) is 0.636. The molecule has 1 N–H and O–H groups in total. The number of β-lactam (4-membered cyclic amide) rings is 1. The van der Waals surface area contributed by atoms with E-state index in [0.29, 0.717) is 25.6 Å². The highest BCUT2D eigenvalue weighted by Crippen LogP contribution is 2.56. The summed E-state index contributed by atoms with van der Waals surface area (Å²) in [5.74, 6) is 0.836. The highest BCUT2D eigenvalue weighted by Gasteiger charge is 2.62. The SMILES string of the molecule is CC(C)CCNC(=O)N1CCC2(CC1)C(=O)N(C(C)C)C2c1ccccc1. The fourth-order valence-electron chi connectivity index (χ4n) is 4.51. The minimum absolute atomic E-state index is 0.00856. The van der Waals surface area contributed by atoms with E-state index in [1.165, 1.54) is 5.56 Å². The van der Waals surface area contributed by atoms with Gasteiger partial charge in [-0.3, -0.25) is 4.79 Å². The summed E-state index contributed by atoms with van der Waals surface area (Å²) in [7, 11) is 0. The van der Waals surface area contributed by atoms with E-state index in [0.717, 1.165) is 19.3 Å². The number of urea groups is 1. The normalized spacial score (nSPS) is 21.7. The van der Waals surface area contributed by atoms with Crippen LogP contribution in [0.25, 0.3) is 0 Å². The van der Waals surface area contributed by atoms with Crippen LogP contribution in [0.3, 0.4) is 0 Å². The molecule has 0 saturated carbocycles. The highest BCUT2D eigenvalue weighted by atomic mass is 16.2. The first-order valence-electron chi connectivity index (χ1n) is 10.3. The predicted molar refractivity (Wildman–Crippen MR) is 107 cm³/mol. The van der Waals surface area contributed by atoms with Gasteiger partial charge in [0.1, 0.15) is 0 Å². The van der Waals surface area contributed by atoms with E-state index in [4.69, 9.17) is 0 Å². The van der Waals surface area contributed by atoms with Gasteiger partial charge < -0.3 is 15.1 Å². The van der Waals surface area contributed by atoms with Crippen molar-refractivity contribution in [2.24, 2.45) is 11.3 Å². The third-order valence-corrected chi connectivity index (χ3v) is 6.07. The van der Waals surface area contributed by atoms with Crippen molar-refractivity contribution in [3.8, 4) is 0 Å². The van der Waals surface area contributed by atoms with Gasteiger partial charge in [-0.1, -0.05) is 44.2 Å². The lowest BCUT2D eigenvalue weighted by Crippen LogP contribution is -2.68. The van der Waals surface area contributed by atoms with Gasteiger partial charge in [0, 0.05) is 25.7 Å². The van der Waals surface area contributed by atoms with Crippen LogP contribution in [0.5, 0.6) is 0 Å². The summed E-state index contributed by atoms with van der Waals surface area (Å²) in [5, 5.41) is 3.02. The molecule has 0 aliphatic carbocycles. The van der Waals surface area contributed by atoms with Crippen LogP contribution < -0.4 is 5.32 Å². The zero-order valence-electron chi connectivity index (χ0n) is 17.1. The molecule has 1 aromatic carbocycles. The summed E-state index contributed by atoms with van der Waals surface area (Å²) < 4.78 is 0. The van der Waals surface area contributed by atoms with E-state index < -0.39 is 0 Å². The molecule has 2 heterocycles. The van der Waals surface area contributed by atoms with Crippen molar-refractivity contribution in [2.45, 2.75) is 59.0 Å². The second kappa shape index (κ2) is 7.91. The standard InChI is InChI=1S/C22H33N3O2/c1-16(2)10-13-23-21(27)24-14-11-22(12-15-24)19(18-8-6-5-7-9-18)25(17(3)4)20(22)26/h5-9,16-17,19H,10-15H2,1-4H3,(H,23,27). The zero-order chi connectivity index (χ0) is 19.6. The first-order chi connectivity index (χ1) is 12.9. The molecule has 0 aromatic heterocycles. The molecule has 1 atom stereocenters. The van der Waals surface area contributed by atoms with Crippen LogP contribution in [-0.4, -0.2) is 47.4 Å². The molecule has 0 bridgehead atoms. The maximum absolute atomic E-state index is 13.1. The van der Waals surface area contributed by atoms with Crippen molar-refractivity contribution in [2.75, 3.05) is 19.6 Å². The Balaban J connectivity index is 1.68. The number of benzene rings is 1. The summed E-state index contributed by atoms with van der Waals surface area (Å²) in [6, 6.07) is 10.7. The number of rotatable bonds is 5. The van der Waals surface area contributed by atoms with Crippen molar-refractivity contribution in [3.05, 3.63) is 35.9 Å². The lowest BCUT2D eigenvalue weighted by atomic mass is 9.62. The summed E-state index contributed by atoms with van der Waals surface area (Å²) in [6.07, 6.45) is 2.47. The smallest absolute Gasteiger partial charge is 0.317 e. The second-order valence-electron chi connectivity index (χ2n) is 8.68. The van der Waals surface area contributed by atoms with E-state index in [1.807, 2.05) is 28.0 Å². The minimum atomic E-state index is -0.347. The molecular formula is C22H33N3O2. The Kier molecular flexibility index (Phi) is 5.78. The molecule has 3 amide bonds. The molecule has 2 fully saturated rings. The zero-order valence-corrected chi connectivity index (χ0v) is 17.1. The Morgan fingerprint density at radius 3 is 2.33 bits per heavy atom. The molecule has 1 spiro atoms. The van der Waals surface area contributed by atoms with Gasteiger partial charge >= 0.3 is 6.03 Å². The molecule has 1 aromatic rings. The third kappa shape index (κ3) is 3.69. The summed E-state index contributed by atoms with van der Waals surface area (Å²) in [6.45, 7) is 10.5. The Hall–Kier alpha value is -2.04. The fourth-order valence-corrected chi connectivity index (χ4v) is 4.51. The number of hydrogen-bond donors (Lipinski definition) is 1. The lowest BCUT2D eigenvalue weighted by molar-refractivity contribution is -0.184. The quantitative estimate of drug-likeness (QED) is 0.800. The first-order valence-corrected chi connectivity index (χ1v) is 10.3. The van der Waals surface area contributed by atoms with E-state index in [2.05, 4.69) is 45.1 Å². The van der Waals surface area contributed by atoms with Crippen molar-refractivity contribution < 1.29 is 9.59 Å². The molecule has 2 aliphatic heterocycles. The number of piperidine rings is 1. The molecule has 2 aliphatic rings. The van der Waals surface area contributed by atoms with Crippen molar-refractivity contribution >= 4 is 11.9 Å². The second-order valence-corrected chi connectivity index (χ2v) is 8.68. The Morgan fingerprint density at radius 1 is 1.15 bits per heavy atom. The topological polar surface area (TPSA) is 52.7 Å². The largest absolute Gasteiger partial charge is 0.338 e. The molecule has 5 nitrogen and oxygen atoms in total. The molecule has 5 heteroatoms. The van der Waals surface area contributed by atoms with Gasteiger partial charge in [0.15, 0.2) is 0 Å². The summed E-state index contributed by atoms with van der Waals surface area (Å²) in [5.41, 5.74) is 0.862. The van der Waals surface area contributed by atoms with Gasteiger partial charge in [-0.2, -0.15) is 0 Å². The van der Waals surface area contributed by atoms with Gasteiger partial charge in [0.2, 0.25) is 5.91 Å². The summed E-state index contributed by atoms with van der Waals surface area (Å²) in [4.78, 5) is 29.4. The Morgan fingerprint density at radius 2 is 1.78 bits per heavy atom. The van der Waals surface area contributed by atoms with Crippen LogP contribution in [0, 0.1) is 11.3 Å². The molecule has 27 heavy (non-hydrogen) atoms.